The maximum Gasteiger partial charge on any atom is 0.127 e. The van der Waals surface area contributed by atoms with Gasteiger partial charge in [0.1, 0.15) is 11.6 Å². The average molecular weight is 449 g/mol. The van der Waals surface area contributed by atoms with Gasteiger partial charge in [0, 0.05) is 32.7 Å². The highest BCUT2D eigenvalue weighted by Gasteiger charge is 2.25. The number of fused-ring (bicyclic) bond motifs is 1. The highest BCUT2D eigenvalue weighted by molar-refractivity contribution is 5.76. The molecular formula is C28H40N4O. The van der Waals surface area contributed by atoms with Crippen LogP contribution in [0.5, 0.6) is 5.75 Å². The fourth-order valence-corrected chi connectivity index (χ4v) is 4.82. The lowest BCUT2D eigenvalue weighted by molar-refractivity contribution is 0.113. The van der Waals surface area contributed by atoms with Crippen molar-refractivity contribution in [3.63, 3.8) is 0 Å². The first-order chi connectivity index (χ1) is 15.9. The van der Waals surface area contributed by atoms with Crippen molar-refractivity contribution in [2.45, 2.75) is 59.0 Å². The molecule has 1 aliphatic heterocycles. The second kappa shape index (κ2) is 10.7. The van der Waals surface area contributed by atoms with E-state index in [2.05, 4.69) is 91.6 Å². The summed E-state index contributed by atoms with van der Waals surface area (Å²) in [5, 5.41) is 0. The lowest BCUT2D eigenvalue weighted by atomic mass is 10.0. The summed E-state index contributed by atoms with van der Waals surface area (Å²) in [6.45, 7) is 15.1. The zero-order chi connectivity index (χ0) is 23.4. The van der Waals surface area contributed by atoms with Crippen LogP contribution in [0, 0.1) is 6.92 Å². The van der Waals surface area contributed by atoms with Crippen LogP contribution in [0.1, 0.15) is 62.5 Å². The zero-order valence-electron chi connectivity index (χ0n) is 21.1. The second-order valence-corrected chi connectivity index (χ2v) is 9.88. The molecule has 2 heterocycles. The van der Waals surface area contributed by atoms with E-state index in [0.29, 0.717) is 12.0 Å². The molecule has 178 valence electrons. The van der Waals surface area contributed by atoms with Gasteiger partial charge in [-0.25, -0.2) is 4.98 Å². The summed E-state index contributed by atoms with van der Waals surface area (Å²) in [6.07, 6.45) is 2.10. The predicted octanol–water partition coefficient (Wildman–Crippen LogP) is 5.64. The number of rotatable bonds is 9. The number of likely N-dealkylation sites (N-methyl/N-ethyl adjacent to an activating group) is 1. The van der Waals surface area contributed by atoms with Crippen LogP contribution in [-0.2, 0) is 6.54 Å². The molecule has 1 unspecified atom stereocenters. The van der Waals surface area contributed by atoms with Gasteiger partial charge in [-0.1, -0.05) is 38.1 Å². The molecule has 0 amide bonds. The number of hydrogen-bond donors (Lipinski definition) is 0. The molecule has 5 nitrogen and oxygen atoms in total. The van der Waals surface area contributed by atoms with Crippen LogP contribution in [0.4, 0.5) is 0 Å². The van der Waals surface area contributed by atoms with Gasteiger partial charge in [0.25, 0.3) is 0 Å². The van der Waals surface area contributed by atoms with E-state index in [0.717, 1.165) is 63.4 Å². The summed E-state index contributed by atoms with van der Waals surface area (Å²) in [6, 6.07) is 15.4. The lowest BCUT2D eigenvalue weighted by Crippen LogP contribution is -2.45. The molecule has 3 aromatic rings. The van der Waals surface area contributed by atoms with Crippen LogP contribution < -0.4 is 4.74 Å². The summed E-state index contributed by atoms with van der Waals surface area (Å²) >= 11 is 0. The van der Waals surface area contributed by atoms with Crippen LogP contribution in [-0.4, -0.2) is 59.2 Å². The summed E-state index contributed by atoms with van der Waals surface area (Å²) in [5.74, 6) is 2.71. The monoisotopic (exact) mass is 448 g/mol. The minimum atomic E-state index is 0.322. The number of benzene rings is 2. The van der Waals surface area contributed by atoms with Gasteiger partial charge in [0.2, 0.25) is 0 Å². The molecule has 1 atom stereocenters. The van der Waals surface area contributed by atoms with Gasteiger partial charge in [-0.15, -0.1) is 0 Å². The average Bonchev–Trinajstić information content (AvgIpc) is 3.17. The number of piperazine rings is 1. The van der Waals surface area contributed by atoms with E-state index in [1.165, 1.54) is 22.5 Å². The van der Waals surface area contributed by atoms with Gasteiger partial charge in [-0.05, 0) is 69.0 Å². The van der Waals surface area contributed by atoms with Crippen molar-refractivity contribution in [3.05, 3.63) is 59.4 Å². The molecule has 2 aromatic carbocycles. The van der Waals surface area contributed by atoms with Gasteiger partial charge in [0.05, 0.1) is 23.7 Å². The molecule has 0 N–H and O–H groups in total. The second-order valence-electron chi connectivity index (χ2n) is 9.88. The Morgan fingerprint density at radius 2 is 1.73 bits per heavy atom. The Balaban J connectivity index is 1.41. The summed E-state index contributed by atoms with van der Waals surface area (Å²) in [4.78, 5) is 10.1. The zero-order valence-corrected chi connectivity index (χ0v) is 21.1. The topological polar surface area (TPSA) is 33.5 Å². The molecule has 1 aromatic heterocycles. The van der Waals surface area contributed by atoms with Gasteiger partial charge >= 0.3 is 0 Å². The molecule has 1 saturated heterocycles. The lowest BCUT2D eigenvalue weighted by Gasteiger charge is -2.36. The van der Waals surface area contributed by atoms with E-state index >= 15 is 0 Å². The highest BCUT2D eigenvalue weighted by atomic mass is 16.5. The molecule has 5 heteroatoms. The Kier molecular flexibility index (Phi) is 7.71. The minimum Gasteiger partial charge on any atom is -0.493 e. The number of hydrogen-bond acceptors (Lipinski definition) is 4. The summed E-state index contributed by atoms with van der Waals surface area (Å²) in [5.41, 5.74) is 4.90. The van der Waals surface area contributed by atoms with E-state index in [9.17, 15) is 0 Å². The third-order valence-corrected chi connectivity index (χ3v) is 6.97. The number of aryl methyl sites for hydroxylation is 2. The van der Waals surface area contributed by atoms with Crippen molar-refractivity contribution in [1.82, 2.24) is 19.4 Å². The van der Waals surface area contributed by atoms with Crippen LogP contribution in [0.2, 0.25) is 0 Å². The van der Waals surface area contributed by atoms with E-state index < -0.39 is 0 Å². The Bertz CT molecular complexity index is 1050. The minimum absolute atomic E-state index is 0.322. The molecule has 0 bridgehead atoms. The largest absolute Gasteiger partial charge is 0.493 e. The smallest absolute Gasteiger partial charge is 0.127 e. The van der Waals surface area contributed by atoms with Crippen molar-refractivity contribution in [3.8, 4) is 5.75 Å². The van der Waals surface area contributed by atoms with Crippen molar-refractivity contribution in [2.75, 3.05) is 39.8 Å². The normalized spacial score (nSPS) is 16.5. The van der Waals surface area contributed by atoms with Crippen molar-refractivity contribution in [1.29, 1.82) is 0 Å². The first-order valence-electron chi connectivity index (χ1n) is 12.5. The fraction of sp³-hybridized carbons (Fsp3) is 0.536. The molecule has 0 spiro atoms. The Labute approximate surface area is 199 Å². The number of ether oxygens (including phenoxy) is 1. The molecule has 0 aliphatic carbocycles. The Morgan fingerprint density at radius 3 is 2.48 bits per heavy atom. The van der Waals surface area contributed by atoms with E-state index in [-0.39, 0.29) is 0 Å². The molecule has 0 saturated carbocycles. The Morgan fingerprint density at radius 1 is 0.970 bits per heavy atom. The van der Waals surface area contributed by atoms with Crippen molar-refractivity contribution >= 4 is 11.0 Å². The van der Waals surface area contributed by atoms with Crippen LogP contribution in [0.15, 0.2) is 42.5 Å². The standard InChI is InChI=1S/C28H40N4O/c1-21(2)24-13-12-22(3)20-27(24)33-19-9-8-14-32-26-11-7-6-10-25(26)29-28(32)23(4)31-17-15-30(5)16-18-31/h6-7,10-13,20-21,23H,8-9,14-19H2,1-5H3. The predicted molar refractivity (Wildman–Crippen MR) is 137 cm³/mol. The first-order valence-corrected chi connectivity index (χ1v) is 12.5. The number of nitrogens with zero attached hydrogens (tertiary/aromatic N) is 4. The highest BCUT2D eigenvalue weighted by Crippen LogP contribution is 2.28. The van der Waals surface area contributed by atoms with E-state index in [1.807, 2.05) is 0 Å². The van der Waals surface area contributed by atoms with Crippen LogP contribution in [0.25, 0.3) is 11.0 Å². The maximum atomic E-state index is 6.23. The summed E-state index contributed by atoms with van der Waals surface area (Å²) in [7, 11) is 2.21. The molecule has 4 rings (SSSR count). The molecule has 0 radical (unpaired) electrons. The van der Waals surface area contributed by atoms with Gasteiger partial charge in [0.15, 0.2) is 0 Å². The first kappa shape index (κ1) is 23.8. The number of aromatic nitrogens is 2. The molecular weight excluding hydrogens is 408 g/mol. The Hall–Kier alpha value is -2.37. The number of para-hydroxylation sites is 2. The maximum absolute atomic E-state index is 6.23. The SMILES string of the molecule is Cc1ccc(C(C)C)c(OCCCCn2c(C(C)N3CCN(C)CC3)nc3ccccc32)c1. The summed E-state index contributed by atoms with van der Waals surface area (Å²) < 4.78 is 8.68. The van der Waals surface area contributed by atoms with Crippen LogP contribution in [0.3, 0.4) is 0 Å². The molecule has 33 heavy (non-hydrogen) atoms. The fourth-order valence-electron chi connectivity index (χ4n) is 4.82. The van der Waals surface area contributed by atoms with Crippen LogP contribution >= 0.6 is 0 Å². The van der Waals surface area contributed by atoms with E-state index in [1.54, 1.807) is 0 Å². The van der Waals surface area contributed by atoms with Crippen molar-refractivity contribution in [2.24, 2.45) is 0 Å². The number of unbranched alkanes of at least 4 members (excludes halogenated alkanes) is 1. The number of imidazole rings is 1. The van der Waals surface area contributed by atoms with E-state index in [4.69, 9.17) is 9.72 Å². The molecule has 1 fully saturated rings. The molecule has 1 aliphatic rings. The van der Waals surface area contributed by atoms with Gasteiger partial charge in [-0.3, -0.25) is 4.90 Å². The van der Waals surface area contributed by atoms with Gasteiger partial charge in [-0.2, -0.15) is 0 Å². The van der Waals surface area contributed by atoms with Gasteiger partial charge < -0.3 is 14.2 Å². The third kappa shape index (κ3) is 5.59. The third-order valence-electron chi connectivity index (χ3n) is 6.97. The quantitative estimate of drug-likeness (QED) is 0.397. The van der Waals surface area contributed by atoms with Crippen molar-refractivity contribution < 1.29 is 4.74 Å².